The number of unbranched alkanes of at least 4 members (excludes halogenated alkanes) is 72. The van der Waals surface area contributed by atoms with Gasteiger partial charge in [0.1, 0.15) is 0 Å². The van der Waals surface area contributed by atoms with Gasteiger partial charge in [0.25, 0.3) is 0 Å². The van der Waals surface area contributed by atoms with Crippen molar-refractivity contribution in [1.82, 2.24) is 19.6 Å². The normalized spacial score (nSPS) is 10.8. The molecule has 0 fully saturated rings. The summed E-state index contributed by atoms with van der Waals surface area (Å²) < 4.78 is 10.6. The summed E-state index contributed by atoms with van der Waals surface area (Å²) in [5.41, 5.74) is 0. The minimum atomic E-state index is 0. The molecule has 0 unspecified atom stereocenters. The summed E-state index contributed by atoms with van der Waals surface area (Å²) in [6, 6.07) is 0. The van der Waals surface area contributed by atoms with E-state index in [1.165, 1.54) is 514 Å². The van der Waals surface area contributed by atoms with Gasteiger partial charge in [-0.05, 0) is 51.4 Å². The molecule has 0 aliphatic carbocycles. The molecule has 5 nitrogen and oxygen atoms in total. The predicted octanol–water partition coefficient (Wildman–Crippen LogP) is 35.5. The van der Waals surface area contributed by atoms with E-state index >= 15 is 0 Å². The van der Waals surface area contributed by atoms with Gasteiger partial charge in [-0.15, -0.1) is 0 Å². The quantitative estimate of drug-likeness (QED) is 0.0251. The Labute approximate surface area is 788 Å². The van der Waals surface area contributed by atoms with Crippen LogP contribution in [-0.2, 0) is 84.1 Å². The van der Waals surface area contributed by atoms with Crippen LogP contribution in [0.2, 0.25) is 0 Å². The van der Waals surface area contributed by atoms with Crippen LogP contribution in [0.15, 0.2) is 0 Å². The smallest absolute Gasteiger partial charge is 0.411 e. The Balaban J connectivity index is -0.000000341. The van der Waals surface area contributed by atoms with Crippen LogP contribution in [0.25, 0.3) is 0 Å². The van der Waals surface area contributed by atoms with E-state index in [4.69, 9.17) is 104 Å². The molecule has 686 valence electrons. The number of hydrogen-bond acceptors (Lipinski definition) is 10. The minimum absolute atomic E-state index is 0. The Morgan fingerprint density at radius 2 is 0.209 bits per heavy atom. The summed E-state index contributed by atoms with van der Waals surface area (Å²) in [5, 5.41) is 0. The van der Waals surface area contributed by atoms with E-state index in [9.17, 15) is 0 Å². The fraction of sp³-hybridized carbons (Fsp3) is 0.960. The first-order valence-electron chi connectivity index (χ1n) is 50.9. The second-order valence-electron chi connectivity index (χ2n) is 34.5. The van der Waals surface area contributed by atoms with Crippen molar-refractivity contribution in [1.29, 1.82) is 0 Å². The van der Waals surface area contributed by atoms with Gasteiger partial charge in [-0.1, -0.05) is 535 Å². The molecule has 0 saturated heterocycles. The van der Waals surface area contributed by atoms with Crippen molar-refractivity contribution >= 4 is 129 Å². The molecule has 0 aromatic rings. The third-order valence-corrected chi connectivity index (χ3v) is 25.4. The largest absolute Gasteiger partial charge is 4.00 e. The van der Waals surface area contributed by atoms with Crippen molar-refractivity contribution in [3.63, 3.8) is 0 Å². The summed E-state index contributed by atoms with van der Waals surface area (Å²) in [6.45, 7) is 26.9. The molecule has 0 spiro atoms. The molecule has 15 heteroatoms. The third kappa shape index (κ3) is 115. The fourth-order valence-corrected chi connectivity index (χ4v) is 17.0. The van der Waals surface area contributed by atoms with E-state index in [-0.39, 0.29) is 21.1 Å². The molecule has 0 radical (unpaired) electrons. The average Bonchev–Trinajstić information content (AvgIpc) is 0.992. The maximum Gasteiger partial charge on any atom is 4.00 e. The van der Waals surface area contributed by atoms with Crippen LogP contribution in [-0.4, -0.2) is 93.4 Å². The van der Waals surface area contributed by atoms with Crippen LogP contribution in [0.3, 0.4) is 0 Å². The summed E-state index contributed by atoms with van der Waals surface area (Å²) in [4.78, 5) is 9.11. The summed E-state index contributed by atoms with van der Waals surface area (Å²) >= 11 is 45.2. The topological polar surface area (TPSA) is 30.0 Å². The molecular weight excluding hydrogens is 1660 g/mol. The molecule has 0 aliphatic heterocycles. The van der Waals surface area contributed by atoms with E-state index in [1.54, 1.807) is 0 Å². The van der Waals surface area contributed by atoms with Crippen LogP contribution in [0.1, 0.15) is 569 Å². The van der Waals surface area contributed by atoms with Gasteiger partial charge < -0.3 is 119 Å². The van der Waals surface area contributed by atoms with E-state index < -0.39 is 0 Å². The molecule has 0 amide bonds. The first-order valence-corrected chi connectivity index (χ1v) is 54.5. The number of hydrogen-bond donors (Lipinski definition) is 0. The van der Waals surface area contributed by atoms with Crippen molar-refractivity contribution in [2.24, 2.45) is 0 Å². The molecule has 0 heterocycles. The molecule has 0 aromatic carbocycles. The third-order valence-electron chi connectivity index (χ3n) is 23.3. The van der Waals surface area contributed by atoms with Crippen LogP contribution >= 0.6 is 48.9 Å². The Hall–Kier alpha value is 1.15. The Kier molecular flexibility index (Phi) is 129. The number of thiocarbonyl (C=S) groups is 4. The second kappa shape index (κ2) is 117. The monoisotopic (exact) mass is 1860 g/mol. The SMILES string of the molecule is CCCCCCCCCCCCN(CCCCCCCCCCCC)C(=S)[S-].CCCCCCCCCCCCN(CCCCCCCCCCCC)C(=S)[S-].CCCCCCCCCCCCN(CCCCCCCCCCCC)C(=S)[S-].CCCCCCCCCCCCN(CCCCCCCCCCCC)C(=S)[S-].O=S.[Mo+4]. The van der Waals surface area contributed by atoms with Crippen LogP contribution in [0, 0.1) is 0 Å². The first kappa shape index (κ1) is 127. The van der Waals surface area contributed by atoms with Gasteiger partial charge in [0.15, 0.2) is 12.5 Å². The van der Waals surface area contributed by atoms with Crippen molar-refractivity contribution in [3.8, 4) is 0 Å². The Morgan fingerprint density at radius 1 is 0.148 bits per heavy atom. The van der Waals surface area contributed by atoms with E-state index in [0.29, 0.717) is 17.3 Å². The standard InChI is InChI=1S/4C25H51NS2.Mo.OS/c4*1-3-5-7-9-11-13-15-17-19-21-23-26(25(27)28)24-22-20-18-16-14-12-10-8-6-4-2;;1-2/h4*3-24H2,1-2H3,(H,27,28);;/q;;;;+4;/p-4. The van der Waals surface area contributed by atoms with Crippen LogP contribution in [0.4, 0.5) is 0 Å². The molecule has 0 N–H and O–H groups in total. The first-order chi connectivity index (χ1) is 55.9. The summed E-state index contributed by atoms with van der Waals surface area (Å²) in [7, 11) is 0. The zero-order valence-electron chi connectivity index (χ0n) is 78.5. The van der Waals surface area contributed by atoms with Gasteiger partial charge in [-0.3, -0.25) is 0 Å². The molecule has 0 aliphatic rings. The van der Waals surface area contributed by atoms with Crippen LogP contribution < -0.4 is 0 Å². The molecule has 0 atom stereocenters. The zero-order valence-corrected chi connectivity index (χ0v) is 87.9. The molecular formula is C100H200MoN4OS9. The maximum absolute atomic E-state index is 7.83. The van der Waals surface area contributed by atoms with E-state index in [2.05, 4.69) is 87.5 Å². The molecule has 0 saturated carbocycles. The van der Waals surface area contributed by atoms with Gasteiger partial charge in [0.2, 0.25) is 0 Å². The molecule has 0 rings (SSSR count). The van der Waals surface area contributed by atoms with E-state index in [0.717, 1.165) is 52.4 Å². The number of nitrogens with zero attached hydrogens (tertiary/aromatic N) is 4. The second-order valence-corrected chi connectivity index (χ2v) is 38.6. The van der Waals surface area contributed by atoms with Gasteiger partial charge in [0.05, 0.1) is 0 Å². The van der Waals surface area contributed by atoms with Crippen LogP contribution in [0.5, 0.6) is 0 Å². The van der Waals surface area contributed by atoms with Gasteiger partial charge >= 0.3 is 21.1 Å². The van der Waals surface area contributed by atoms with Crippen molar-refractivity contribution in [2.75, 3.05) is 52.4 Å². The molecule has 115 heavy (non-hydrogen) atoms. The average molecular weight is 1860 g/mol. The van der Waals surface area contributed by atoms with Crippen molar-refractivity contribution < 1.29 is 25.3 Å². The fourth-order valence-electron chi connectivity index (χ4n) is 15.5. The van der Waals surface area contributed by atoms with E-state index in [1.807, 2.05) is 0 Å². The molecule has 0 bridgehead atoms. The van der Waals surface area contributed by atoms with Crippen molar-refractivity contribution in [3.05, 3.63) is 0 Å². The molecule has 0 aromatic heterocycles. The maximum atomic E-state index is 7.83. The summed E-state index contributed by atoms with van der Waals surface area (Å²) in [6.07, 6.45) is 111. The number of rotatable bonds is 88. The zero-order chi connectivity index (χ0) is 84.8. The Morgan fingerprint density at radius 3 is 0.270 bits per heavy atom. The predicted molar refractivity (Wildman–Crippen MR) is 549 cm³/mol. The Bertz CT molecular complexity index is 1470. The van der Waals surface area contributed by atoms with Gasteiger partial charge in [-0.25, -0.2) is 0 Å². The minimum Gasteiger partial charge on any atom is -0.411 e. The summed E-state index contributed by atoms with van der Waals surface area (Å²) in [5.74, 6) is 0. The van der Waals surface area contributed by atoms with Crippen molar-refractivity contribution in [2.45, 2.75) is 569 Å². The van der Waals surface area contributed by atoms with Gasteiger partial charge in [-0.2, -0.15) is 4.21 Å². The van der Waals surface area contributed by atoms with Gasteiger partial charge in [0, 0.05) is 52.4 Å².